The molecule has 2 aromatic carbocycles. The van der Waals surface area contributed by atoms with Crippen LogP contribution in [0.25, 0.3) is 0 Å². The highest BCUT2D eigenvalue weighted by Crippen LogP contribution is 2.51. The second-order valence-corrected chi connectivity index (χ2v) is 8.10. The van der Waals surface area contributed by atoms with Crippen LogP contribution in [0.4, 0.5) is 5.69 Å². The van der Waals surface area contributed by atoms with Gasteiger partial charge in [0.2, 0.25) is 0 Å². The van der Waals surface area contributed by atoms with Crippen molar-refractivity contribution in [2.45, 2.75) is 32.2 Å². The third-order valence-corrected chi connectivity index (χ3v) is 6.31. The van der Waals surface area contributed by atoms with Crippen LogP contribution in [0, 0.1) is 12.8 Å². The average Bonchev–Trinajstić information content (AvgIpc) is 3.13. The first-order chi connectivity index (χ1) is 13.0. The lowest BCUT2D eigenvalue weighted by Crippen LogP contribution is -2.29. The molecular weight excluding hydrogens is 406 g/mol. The highest BCUT2D eigenvalue weighted by Gasteiger charge is 2.39. The number of allylic oxidation sites excluding steroid dienone is 2. The lowest BCUT2D eigenvalue weighted by molar-refractivity contribution is 0.0976. The van der Waals surface area contributed by atoms with E-state index < -0.39 is 0 Å². The summed E-state index contributed by atoms with van der Waals surface area (Å²) < 4.78 is 6.43. The number of ether oxygens (including phenoxy) is 1. The molecule has 0 amide bonds. The molecular formula is C22H22BrNO3. The second-order valence-electron chi connectivity index (χ2n) is 7.25. The van der Waals surface area contributed by atoms with Gasteiger partial charge < -0.3 is 15.2 Å². The fraction of sp³-hybridized carbons (Fsp3) is 0.318. The topological polar surface area (TPSA) is 58.6 Å². The number of aliphatic hydroxyl groups is 1. The van der Waals surface area contributed by atoms with Crippen LogP contribution in [0.1, 0.15) is 52.4 Å². The zero-order valence-electron chi connectivity index (χ0n) is 15.3. The van der Waals surface area contributed by atoms with E-state index in [2.05, 4.69) is 33.4 Å². The number of benzene rings is 2. The summed E-state index contributed by atoms with van der Waals surface area (Å²) in [5.74, 6) is 1.42. The Morgan fingerprint density at radius 3 is 2.85 bits per heavy atom. The van der Waals surface area contributed by atoms with Crippen LogP contribution in [0.5, 0.6) is 5.75 Å². The predicted molar refractivity (Wildman–Crippen MR) is 109 cm³/mol. The van der Waals surface area contributed by atoms with Crippen molar-refractivity contribution < 1.29 is 14.6 Å². The third-order valence-electron chi connectivity index (χ3n) is 5.62. The molecule has 0 saturated carbocycles. The molecule has 140 valence electrons. The van der Waals surface area contributed by atoms with Crippen LogP contribution in [0.3, 0.4) is 0 Å². The standard InChI is InChI=1S/C22H22BrNO3/c1-12-8-19(23)18(10-21(12)27-11-25)22-16-5-3-4-15(16)17-9-14(13(2)26)6-7-20(17)24-22/h3-4,6-10,15-16,22,24-25H,5,11H2,1-2H3/t15-,16+,22?/m1/s1. The Kier molecular flexibility index (Phi) is 4.82. The molecule has 2 aromatic rings. The second kappa shape index (κ2) is 7.13. The van der Waals surface area contributed by atoms with Gasteiger partial charge in [0.05, 0.1) is 6.04 Å². The number of nitrogens with one attached hydrogen (secondary N) is 1. The minimum Gasteiger partial charge on any atom is -0.467 e. The number of hydrogen-bond donors (Lipinski definition) is 2. The number of aliphatic hydroxyl groups excluding tert-OH is 1. The number of aryl methyl sites for hydroxylation is 1. The van der Waals surface area contributed by atoms with Crippen LogP contribution >= 0.6 is 15.9 Å². The number of fused-ring (bicyclic) bond motifs is 3. The molecule has 0 radical (unpaired) electrons. The van der Waals surface area contributed by atoms with Gasteiger partial charge in [-0.25, -0.2) is 0 Å². The van der Waals surface area contributed by atoms with Crippen molar-refractivity contribution in [2.75, 3.05) is 12.1 Å². The minimum atomic E-state index is -0.343. The lowest BCUT2D eigenvalue weighted by atomic mass is 9.76. The molecule has 1 aliphatic heterocycles. The van der Waals surface area contributed by atoms with Crippen molar-refractivity contribution in [3.8, 4) is 5.75 Å². The van der Waals surface area contributed by atoms with Gasteiger partial charge in [-0.15, -0.1) is 0 Å². The number of anilines is 1. The zero-order valence-corrected chi connectivity index (χ0v) is 16.9. The van der Waals surface area contributed by atoms with E-state index in [9.17, 15) is 9.90 Å². The Bertz CT molecular complexity index is 937. The monoisotopic (exact) mass is 427 g/mol. The molecule has 4 rings (SSSR count). The van der Waals surface area contributed by atoms with E-state index in [0.29, 0.717) is 11.7 Å². The van der Waals surface area contributed by atoms with Crippen LogP contribution < -0.4 is 10.1 Å². The Morgan fingerprint density at radius 1 is 1.30 bits per heavy atom. The fourth-order valence-corrected chi connectivity index (χ4v) is 4.96. The van der Waals surface area contributed by atoms with E-state index in [4.69, 9.17) is 4.74 Å². The molecule has 1 aliphatic carbocycles. The first-order valence-electron chi connectivity index (χ1n) is 9.11. The highest BCUT2D eigenvalue weighted by atomic mass is 79.9. The summed E-state index contributed by atoms with van der Waals surface area (Å²) in [5, 5.41) is 12.9. The van der Waals surface area contributed by atoms with Gasteiger partial charge in [0.25, 0.3) is 0 Å². The number of Topliss-reactive ketones (excluding diaryl/α,β-unsaturated/α-hetero) is 1. The number of rotatable bonds is 4. The number of carbonyl (C=O) groups is 1. The predicted octanol–water partition coefficient (Wildman–Crippen LogP) is 5.12. The Labute approximate surface area is 167 Å². The number of carbonyl (C=O) groups excluding carboxylic acids is 1. The molecule has 0 spiro atoms. The third kappa shape index (κ3) is 3.19. The summed E-state index contributed by atoms with van der Waals surface area (Å²) in [6.45, 7) is 3.23. The molecule has 0 fully saturated rings. The maximum Gasteiger partial charge on any atom is 0.186 e. The van der Waals surface area contributed by atoms with Gasteiger partial charge in [-0.3, -0.25) is 4.79 Å². The first-order valence-corrected chi connectivity index (χ1v) is 9.90. The molecule has 0 bridgehead atoms. The van der Waals surface area contributed by atoms with Gasteiger partial charge in [-0.05, 0) is 73.2 Å². The maximum absolute atomic E-state index is 11.8. The summed E-state index contributed by atoms with van der Waals surface area (Å²) in [6.07, 6.45) is 5.46. The molecule has 5 heteroatoms. The number of halogens is 1. The van der Waals surface area contributed by atoms with Crippen molar-refractivity contribution in [1.82, 2.24) is 0 Å². The molecule has 1 heterocycles. The van der Waals surface area contributed by atoms with Gasteiger partial charge in [0.1, 0.15) is 5.75 Å². The minimum absolute atomic E-state index is 0.0884. The van der Waals surface area contributed by atoms with Crippen LogP contribution in [0.15, 0.2) is 47.0 Å². The molecule has 2 N–H and O–H groups in total. The zero-order chi connectivity index (χ0) is 19.1. The molecule has 3 atom stereocenters. The van der Waals surface area contributed by atoms with E-state index in [-0.39, 0.29) is 24.5 Å². The van der Waals surface area contributed by atoms with Crippen LogP contribution in [-0.2, 0) is 0 Å². The SMILES string of the molecule is CC(=O)c1ccc2c(c1)[C@@H]1C=CC[C@@H]1C(c1cc(OCO)c(C)cc1Br)N2. The average molecular weight is 428 g/mol. The Balaban J connectivity index is 1.78. The quantitative estimate of drug-likeness (QED) is 0.404. The summed E-state index contributed by atoms with van der Waals surface area (Å²) in [7, 11) is 0. The van der Waals surface area contributed by atoms with Crippen molar-refractivity contribution in [2.24, 2.45) is 5.92 Å². The van der Waals surface area contributed by atoms with Gasteiger partial charge in [-0.1, -0.05) is 28.1 Å². The smallest absolute Gasteiger partial charge is 0.186 e. The van der Waals surface area contributed by atoms with Gasteiger partial charge in [0, 0.05) is 21.6 Å². The van der Waals surface area contributed by atoms with Crippen LogP contribution in [-0.4, -0.2) is 17.7 Å². The Hall–Kier alpha value is -2.11. The van der Waals surface area contributed by atoms with E-state index >= 15 is 0 Å². The molecule has 0 saturated heterocycles. The molecule has 27 heavy (non-hydrogen) atoms. The first kappa shape index (κ1) is 18.3. The van der Waals surface area contributed by atoms with Crippen molar-refractivity contribution in [3.63, 3.8) is 0 Å². The molecule has 4 nitrogen and oxygen atoms in total. The maximum atomic E-state index is 11.8. The van der Waals surface area contributed by atoms with E-state index in [1.807, 2.05) is 37.3 Å². The lowest BCUT2D eigenvalue weighted by Gasteiger charge is -2.38. The van der Waals surface area contributed by atoms with Gasteiger partial charge in [-0.2, -0.15) is 0 Å². The highest BCUT2D eigenvalue weighted by molar-refractivity contribution is 9.10. The van der Waals surface area contributed by atoms with Gasteiger partial charge in [0.15, 0.2) is 12.6 Å². The number of hydrogen-bond acceptors (Lipinski definition) is 4. The Morgan fingerprint density at radius 2 is 2.11 bits per heavy atom. The van der Waals surface area contributed by atoms with Crippen molar-refractivity contribution in [3.05, 3.63) is 69.2 Å². The molecule has 0 aromatic heterocycles. The normalized spacial score (nSPS) is 22.7. The number of ketones is 1. The van der Waals surface area contributed by atoms with E-state index in [0.717, 1.165) is 33.3 Å². The summed E-state index contributed by atoms with van der Waals surface area (Å²) in [5.41, 5.74) is 5.10. The van der Waals surface area contributed by atoms with Crippen molar-refractivity contribution in [1.29, 1.82) is 0 Å². The van der Waals surface area contributed by atoms with E-state index in [1.165, 1.54) is 5.56 Å². The van der Waals surface area contributed by atoms with Gasteiger partial charge >= 0.3 is 0 Å². The summed E-state index contributed by atoms with van der Waals surface area (Å²) >= 11 is 3.71. The van der Waals surface area contributed by atoms with Crippen LogP contribution in [0.2, 0.25) is 0 Å². The van der Waals surface area contributed by atoms with Crippen molar-refractivity contribution >= 4 is 27.4 Å². The van der Waals surface area contributed by atoms with E-state index in [1.54, 1.807) is 6.92 Å². The summed E-state index contributed by atoms with van der Waals surface area (Å²) in [4.78, 5) is 11.8. The largest absolute Gasteiger partial charge is 0.467 e. The fourth-order valence-electron chi connectivity index (χ4n) is 4.25. The molecule has 2 aliphatic rings. The molecule has 1 unspecified atom stereocenters. The summed E-state index contributed by atoms with van der Waals surface area (Å²) in [6, 6.07) is 10.1.